The quantitative estimate of drug-likeness (QED) is 0.639. The van der Waals surface area contributed by atoms with E-state index in [2.05, 4.69) is 44.4 Å². The molecule has 4 rings (SSSR count). The van der Waals surface area contributed by atoms with Crippen LogP contribution in [-0.2, 0) is 26.7 Å². The third-order valence-corrected chi connectivity index (χ3v) is 9.64. The summed E-state index contributed by atoms with van der Waals surface area (Å²) < 4.78 is 33.2. The average Bonchev–Trinajstić information content (AvgIpc) is 3.09. The zero-order valence-electron chi connectivity index (χ0n) is 20.9. The summed E-state index contributed by atoms with van der Waals surface area (Å²) >= 11 is 1.41. The number of anilines is 1. The molecule has 2 atom stereocenters. The van der Waals surface area contributed by atoms with E-state index in [1.807, 2.05) is 13.8 Å². The molecule has 2 aliphatic rings. The van der Waals surface area contributed by atoms with E-state index >= 15 is 0 Å². The Balaban J connectivity index is 1.56. The molecule has 35 heavy (non-hydrogen) atoms. The lowest BCUT2D eigenvalue weighted by Crippen LogP contribution is -2.54. The van der Waals surface area contributed by atoms with Crippen molar-refractivity contribution in [2.75, 3.05) is 18.4 Å². The topological polar surface area (TPSA) is 112 Å². The Kier molecular flexibility index (Phi) is 6.62. The smallest absolute Gasteiger partial charge is 0.256 e. The summed E-state index contributed by atoms with van der Waals surface area (Å²) in [7, 11) is -3.69. The van der Waals surface area contributed by atoms with E-state index in [4.69, 9.17) is 4.74 Å². The first-order valence-electron chi connectivity index (χ1n) is 11.7. The molecule has 1 fully saturated rings. The van der Waals surface area contributed by atoms with Crippen LogP contribution in [0.1, 0.15) is 67.9 Å². The van der Waals surface area contributed by atoms with Crippen LogP contribution in [0, 0.1) is 11.3 Å². The van der Waals surface area contributed by atoms with Crippen molar-refractivity contribution in [1.82, 2.24) is 9.62 Å². The highest BCUT2D eigenvalue weighted by Gasteiger charge is 2.40. The van der Waals surface area contributed by atoms with Gasteiger partial charge in [0.15, 0.2) is 0 Å². The standard InChI is InChI=1S/C25H32N4O4S2/c1-15-13-29(14-16(2)33-15)35(31,32)18-9-7-17(8-10-18)22(30)27-23-20(12-26)19-11-24(3,4)28-25(5,6)21(19)34-23/h7-10,15-16,28H,11,13-14H2,1-6H3,(H,27,30). The van der Waals surface area contributed by atoms with Gasteiger partial charge in [-0.25, -0.2) is 8.42 Å². The van der Waals surface area contributed by atoms with Crippen molar-refractivity contribution in [2.45, 2.75) is 76.1 Å². The van der Waals surface area contributed by atoms with Gasteiger partial charge in [-0.05, 0) is 77.8 Å². The minimum Gasteiger partial charge on any atom is -0.373 e. The molecule has 0 aliphatic carbocycles. The minimum absolute atomic E-state index is 0.134. The number of fused-ring (bicyclic) bond motifs is 1. The van der Waals surface area contributed by atoms with Crippen molar-refractivity contribution < 1.29 is 17.9 Å². The van der Waals surface area contributed by atoms with Crippen LogP contribution < -0.4 is 10.6 Å². The van der Waals surface area contributed by atoms with Gasteiger partial charge in [0, 0.05) is 34.6 Å². The van der Waals surface area contributed by atoms with E-state index in [1.165, 1.54) is 39.9 Å². The molecule has 10 heteroatoms. The van der Waals surface area contributed by atoms with Gasteiger partial charge in [-0.3, -0.25) is 4.79 Å². The molecule has 1 amide bonds. The minimum atomic E-state index is -3.69. The molecule has 0 bridgehead atoms. The predicted molar refractivity (Wildman–Crippen MR) is 136 cm³/mol. The third kappa shape index (κ3) is 5.01. The molecular formula is C25H32N4O4S2. The summed E-state index contributed by atoms with van der Waals surface area (Å²) in [6.45, 7) is 12.6. The van der Waals surface area contributed by atoms with Crippen LogP contribution in [0.25, 0.3) is 0 Å². The fourth-order valence-corrected chi connectivity index (χ4v) is 7.98. The summed E-state index contributed by atoms with van der Waals surface area (Å²) in [4.78, 5) is 14.2. The zero-order valence-corrected chi connectivity index (χ0v) is 22.6. The van der Waals surface area contributed by atoms with Crippen LogP contribution >= 0.6 is 11.3 Å². The number of thiophene rings is 1. The van der Waals surface area contributed by atoms with Crippen molar-refractivity contribution in [2.24, 2.45) is 0 Å². The average molecular weight is 517 g/mol. The number of hydrogen-bond acceptors (Lipinski definition) is 7. The van der Waals surface area contributed by atoms with Gasteiger partial charge in [0.05, 0.1) is 22.7 Å². The van der Waals surface area contributed by atoms with Crippen LogP contribution in [0.3, 0.4) is 0 Å². The number of nitrogens with zero attached hydrogens (tertiary/aromatic N) is 2. The number of carbonyl (C=O) groups excluding carboxylic acids is 1. The number of nitrogens with one attached hydrogen (secondary N) is 2. The Morgan fingerprint density at radius 2 is 1.77 bits per heavy atom. The van der Waals surface area contributed by atoms with E-state index in [1.54, 1.807) is 0 Å². The van der Waals surface area contributed by atoms with Crippen LogP contribution in [0.4, 0.5) is 5.00 Å². The van der Waals surface area contributed by atoms with Crippen molar-refractivity contribution in [3.05, 3.63) is 45.8 Å². The first-order valence-corrected chi connectivity index (χ1v) is 13.9. The Labute approximate surface area is 211 Å². The van der Waals surface area contributed by atoms with Crippen LogP contribution in [0.15, 0.2) is 29.2 Å². The van der Waals surface area contributed by atoms with Gasteiger partial charge in [-0.1, -0.05) is 0 Å². The monoisotopic (exact) mass is 516 g/mol. The van der Waals surface area contributed by atoms with Gasteiger partial charge < -0.3 is 15.4 Å². The highest BCUT2D eigenvalue weighted by molar-refractivity contribution is 7.89. The van der Waals surface area contributed by atoms with E-state index in [0.717, 1.165) is 10.4 Å². The number of amides is 1. The normalized spacial score (nSPS) is 23.8. The molecular weight excluding hydrogens is 484 g/mol. The highest BCUT2D eigenvalue weighted by atomic mass is 32.2. The molecule has 8 nitrogen and oxygen atoms in total. The first kappa shape index (κ1) is 25.8. The first-order chi connectivity index (χ1) is 16.2. The summed E-state index contributed by atoms with van der Waals surface area (Å²) in [5.74, 6) is -0.386. The highest BCUT2D eigenvalue weighted by Crippen LogP contribution is 2.44. The fourth-order valence-electron chi connectivity index (χ4n) is 5.16. The number of morpholine rings is 1. The fraction of sp³-hybridized carbons (Fsp3) is 0.520. The molecule has 3 heterocycles. The lowest BCUT2D eigenvalue weighted by molar-refractivity contribution is -0.0440. The Hall–Kier alpha value is -2.29. The summed E-state index contributed by atoms with van der Waals surface area (Å²) in [5.41, 5.74) is 1.27. The molecule has 0 radical (unpaired) electrons. The number of sulfonamides is 1. The van der Waals surface area contributed by atoms with E-state index in [9.17, 15) is 18.5 Å². The Morgan fingerprint density at radius 1 is 1.17 bits per heavy atom. The maximum atomic E-state index is 13.1. The van der Waals surface area contributed by atoms with Crippen molar-refractivity contribution >= 4 is 32.3 Å². The van der Waals surface area contributed by atoms with Gasteiger partial charge in [-0.15, -0.1) is 11.3 Å². The van der Waals surface area contributed by atoms with Crippen LogP contribution in [0.5, 0.6) is 0 Å². The van der Waals surface area contributed by atoms with E-state index < -0.39 is 10.0 Å². The van der Waals surface area contributed by atoms with E-state index in [0.29, 0.717) is 22.5 Å². The SMILES string of the molecule is CC1CN(S(=O)(=O)c2ccc(C(=O)Nc3sc4c(c3C#N)CC(C)(C)NC4(C)C)cc2)CC(C)O1. The summed E-state index contributed by atoms with van der Waals surface area (Å²) in [6.07, 6.45) is 0.317. The van der Waals surface area contributed by atoms with Crippen molar-refractivity contribution in [3.63, 3.8) is 0 Å². The van der Waals surface area contributed by atoms with E-state index in [-0.39, 0.29) is 47.2 Å². The molecule has 0 saturated carbocycles. The van der Waals surface area contributed by atoms with Gasteiger partial charge in [0.1, 0.15) is 11.1 Å². The molecule has 1 aromatic heterocycles. The van der Waals surface area contributed by atoms with Gasteiger partial charge in [-0.2, -0.15) is 9.57 Å². The van der Waals surface area contributed by atoms with Crippen molar-refractivity contribution in [3.8, 4) is 6.07 Å². The lowest BCUT2D eigenvalue weighted by Gasteiger charge is -2.42. The second kappa shape index (κ2) is 8.98. The number of ether oxygens (including phenoxy) is 1. The van der Waals surface area contributed by atoms with Gasteiger partial charge >= 0.3 is 0 Å². The number of nitriles is 1. The predicted octanol–water partition coefficient (Wildman–Crippen LogP) is 3.83. The Bertz CT molecular complexity index is 1280. The summed E-state index contributed by atoms with van der Waals surface area (Å²) in [6, 6.07) is 8.20. The number of rotatable bonds is 4. The lowest BCUT2D eigenvalue weighted by atomic mass is 9.81. The zero-order chi connectivity index (χ0) is 25.8. The molecule has 2 aromatic rings. The molecule has 2 N–H and O–H groups in total. The largest absolute Gasteiger partial charge is 0.373 e. The Morgan fingerprint density at radius 3 is 2.34 bits per heavy atom. The number of benzene rings is 1. The maximum absolute atomic E-state index is 13.1. The molecule has 0 spiro atoms. The molecule has 2 aliphatic heterocycles. The number of carbonyl (C=O) groups is 1. The van der Waals surface area contributed by atoms with Crippen molar-refractivity contribution in [1.29, 1.82) is 5.26 Å². The third-order valence-electron chi connectivity index (χ3n) is 6.32. The second-order valence-electron chi connectivity index (χ2n) is 10.6. The molecule has 188 valence electrons. The van der Waals surface area contributed by atoms with Gasteiger partial charge in [0.2, 0.25) is 10.0 Å². The molecule has 1 saturated heterocycles. The number of hydrogen-bond donors (Lipinski definition) is 2. The van der Waals surface area contributed by atoms with Gasteiger partial charge in [0.25, 0.3) is 5.91 Å². The van der Waals surface area contributed by atoms with Crippen LogP contribution in [0.2, 0.25) is 0 Å². The second-order valence-corrected chi connectivity index (χ2v) is 13.6. The van der Waals surface area contributed by atoms with Crippen LogP contribution in [-0.4, -0.2) is 49.5 Å². The maximum Gasteiger partial charge on any atom is 0.256 e. The molecule has 2 unspecified atom stereocenters. The molecule has 1 aromatic carbocycles. The summed E-state index contributed by atoms with van der Waals surface area (Å²) in [5, 5.41) is 16.9.